The lowest BCUT2D eigenvalue weighted by Crippen LogP contribution is -2.49. The van der Waals surface area contributed by atoms with E-state index in [4.69, 9.17) is 16.9 Å². The van der Waals surface area contributed by atoms with Gasteiger partial charge in [-0.1, -0.05) is 37.3 Å². The van der Waals surface area contributed by atoms with E-state index in [0.717, 1.165) is 56.6 Å². The highest BCUT2D eigenvalue weighted by atomic mass is 19.4. The van der Waals surface area contributed by atoms with Crippen LogP contribution in [-0.2, 0) is 9.59 Å². The molecule has 3 heterocycles. The third kappa shape index (κ3) is 10.3. The van der Waals surface area contributed by atoms with Crippen molar-refractivity contribution in [2.24, 2.45) is 27.6 Å². The van der Waals surface area contributed by atoms with E-state index in [0.29, 0.717) is 42.3 Å². The van der Waals surface area contributed by atoms with Gasteiger partial charge in [0.05, 0.1) is 5.92 Å². The molecule has 0 spiro atoms. The molecule has 3 aliphatic rings. The Kier molecular flexibility index (Phi) is 13.9. The SMILES string of the molecule is CCN1CCC(C(=O)N(CC)c2ccc(N)c(C(=N)C3CCNC(C(F)(F)F)C3)c2)C1.CN=CN=C(N)c1ccc(C2=CCN(C=O)CC2)cc1. The molecule has 3 unspecified atom stereocenters. The molecule has 3 aliphatic heterocycles. The van der Waals surface area contributed by atoms with E-state index in [9.17, 15) is 22.8 Å². The molecule has 0 bridgehead atoms. The number of anilines is 2. The number of benzene rings is 2. The average Bonchev–Trinajstić information content (AvgIpc) is 3.64. The lowest BCUT2D eigenvalue weighted by Gasteiger charge is -2.32. The van der Waals surface area contributed by atoms with E-state index in [1.165, 1.54) is 11.9 Å². The summed E-state index contributed by atoms with van der Waals surface area (Å²) in [4.78, 5) is 37.3. The first kappa shape index (κ1) is 39.2. The fraction of sp³-hybridized carbons (Fsp3) is 0.486. The van der Waals surface area contributed by atoms with Crippen molar-refractivity contribution in [3.05, 3.63) is 65.2 Å². The molecule has 0 saturated carbocycles. The summed E-state index contributed by atoms with van der Waals surface area (Å²) in [5, 5.41) is 11.1. The first-order valence-corrected chi connectivity index (χ1v) is 17.4. The summed E-state index contributed by atoms with van der Waals surface area (Å²) in [5.74, 6) is -0.118. The molecule has 3 atom stereocenters. The van der Waals surface area contributed by atoms with Crippen LogP contribution < -0.4 is 21.7 Å². The zero-order valence-electron chi connectivity index (χ0n) is 29.6. The largest absolute Gasteiger partial charge is 0.403 e. The zero-order chi connectivity index (χ0) is 37.1. The van der Waals surface area contributed by atoms with Gasteiger partial charge in [0.1, 0.15) is 18.2 Å². The lowest BCUT2D eigenvalue weighted by atomic mass is 9.84. The number of halogens is 3. The Balaban J connectivity index is 0.000000251. The molecule has 14 heteroatoms. The summed E-state index contributed by atoms with van der Waals surface area (Å²) in [6.45, 7) is 8.64. The van der Waals surface area contributed by atoms with Crippen molar-refractivity contribution < 1.29 is 22.8 Å². The number of hydrogen-bond acceptors (Lipinski definition) is 7. The molecule has 2 saturated heterocycles. The first-order valence-electron chi connectivity index (χ1n) is 17.4. The number of rotatable bonds is 10. The number of alkyl halides is 3. The van der Waals surface area contributed by atoms with Gasteiger partial charge in [-0.05, 0) is 81.6 Å². The fourth-order valence-electron chi connectivity index (χ4n) is 6.69. The molecule has 5 rings (SSSR count). The monoisotopic (exact) mass is 709 g/mol. The van der Waals surface area contributed by atoms with E-state index in [2.05, 4.69) is 33.2 Å². The highest BCUT2D eigenvalue weighted by Gasteiger charge is 2.43. The number of amides is 2. The Morgan fingerprint density at radius 3 is 2.45 bits per heavy atom. The number of likely N-dealkylation sites (tertiary alicyclic amines) is 1. The standard InChI is InChI=1S/C22H32F3N5O.C15H18N4O/c1-3-29-10-8-15(13-29)21(31)30(4-2)16-5-6-18(26)17(12-16)20(27)14-7-9-28-19(11-14)22(23,24)25;1-17-10-18-15(16)14-4-2-12(3-5-14)13-6-8-19(11-20)9-7-13/h5-6,12,14-15,19,27-28H,3-4,7-11,13,26H2,1-2H3;2-6,10-11H,7-9H2,1H3,(H2,16,17,18). The number of carbonyl (C=O) groups is 2. The Labute approximate surface area is 298 Å². The van der Waals surface area contributed by atoms with Crippen molar-refractivity contribution in [1.82, 2.24) is 15.1 Å². The topological polar surface area (TPSA) is 157 Å². The zero-order valence-corrected chi connectivity index (χ0v) is 29.6. The maximum Gasteiger partial charge on any atom is 0.403 e. The van der Waals surface area contributed by atoms with Gasteiger partial charge in [-0.25, -0.2) is 4.99 Å². The molecule has 0 aromatic heterocycles. The minimum Gasteiger partial charge on any atom is -0.398 e. The third-order valence-electron chi connectivity index (χ3n) is 9.75. The van der Waals surface area contributed by atoms with E-state index < -0.39 is 18.1 Å². The van der Waals surface area contributed by atoms with Gasteiger partial charge in [0.25, 0.3) is 0 Å². The van der Waals surface area contributed by atoms with Crippen LogP contribution in [0.1, 0.15) is 56.2 Å². The van der Waals surface area contributed by atoms with E-state index in [-0.39, 0.29) is 30.5 Å². The average molecular weight is 710 g/mol. The first-order chi connectivity index (χ1) is 24.4. The number of nitrogens with zero attached hydrogens (tertiary/aromatic N) is 5. The lowest BCUT2D eigenvalue weighted by molar-refractivity contribution is -0.161. The number of nitrogen functional groups attached to an aromatic ring is 1. The third-order valence-corrected chi connectivity index (χ3v) is 9.75. The molecule has 2 aromatic carbocycles. The Bertz CT molecular complexity index is 1610. The summed E-state index contributed by atoms with van der Waals surface area (Å²) in [6, 6.07) is 11.4. The minimum atomic E-state index is -4.34. The number of aliphatic imine (C=N–C) groups is 2. The summed E-state index contributed by atoms with van der Waals surface area (Å²) in [5.41, 5.74) is 16.8. The minimum absolute atomic E-state index is 0.0414. The second-order valence-electron chi connectivity index (χ2n) is 13.0. The van der Waals surface area contributed by atoms with Crippen molar-refractivity contribution in [2.45, 2.75) is 51.7 Å². The van der Waals surface area contributed by atoms with Gasteiger partial charge in [-0.15, -0.1) is 0 Å². The molecule has 2 aromatic rings. The van der Waals surface area contributed by atoms with Gasteiger partial charge in [0.15, 0.2) is 0 Å². The molecule has 276 valence electrons. The van der Waals surface area contributed by atoms with Crippen molar-refractivity contribution in [3.63, 3.8) is 0 Å². The normalized spacial score (nSPS) is 21.5. The molecule has 0 aliphatic carbocycles. The van der Waals surface area contributed by atoms with Crippen LogP contribution in [0.2, 0.25) is 0 Å². The summed E-state index contributed by atoms with van der Waals surface area (Å²) in [7, 11) is 1.65. The summed E-state index contributed by atoms with van der Waals surface area (Å²) in [6.07, 6.45) is 2.03. The molecule has 2 fully saturated rings. The van der Waals surface area contributed by atoms with E-state index in [1.807, 2.05) is 31.2 Å². The van der Waals surface area contributed by atoms with Gasteiger partial charge in [-0.2, -0.15) is 13.2 Å². The molecular formula is C37H50F3N9O2. The van der Waals surface area contributed by atoms with Crippen molar-refractivity contribution in [2.75, 3.05) is 63.5 Å². The maximum atomic E-state index is 13.2. The Morgan fingerprint density at radius 1 is 1.12 bits per heavy atom. The van der Waals surface area contributed by atoms with Crippen LogP contribution >= 0.6 is 0 Å². The smallest absolute Gasteiger partial charge is 0.398 e. The number of carbonyl (C=O) groups excluding carboxylic acids is 2. The molecule has 0 radical (unpaired) electrons. The van der Waals surface area contributed by atoms with Gasteiger partial charge >= 0.3 is 6.18 Å². The quantitative estimate of drug-likeness (QED) is 0.123. The number of amidine groups is 1. The highest BCUT2D eigenvalue weighted by Crippen LogP contribution is 2.33. The van der Waals surface area contributed by atoms with Gasteiger partial charge in [0.2, 0.25) is 12.3 Å². The maximum absolute atomic E-state index is 13.2. The number of hydrogen-bond donors (Lipinski definition) is 4. The second kappa shape index (κ2) is 18.1. The van der Waals surface area contributed by atoms with Crippen LogP contribution in [0.15, 0.2) is 58.5 Å². The van der Waals surface area contributed by atoms with Crippen LogP contribution in [-0.4, -0.2) is 105 Å². The molecule has 11 nitrogen and oxygen atoms in total. The van der Waals surface area contributed by atoms with Crippen LogP contribution in [0.3, 0.4) is 0 Å². The van der Waals surface area contributed by atoms with Crippen molar-refractivity contribution in [1.29, 1.82) is 5.41 Å². The van der Waals surface area contributed by atoms with Gasteiger partial charge in [0, 0.05) is 67.4 Å². The fourth-order valence-corrected chi connectivity index (χ4v) is 6.69. The molecule has 6 N–H and O–H groups in total. The van der Waals surface area contributed by atoms with Gasteiger partial charge < -0.3 is 36.9 Å². The second-order valence-corrected chi connectivity index (χ2v) is 13.0. The van der Waals surface area contributed by atoms with Crippen molar-refractivity contribution in [3.8, 4) is 0 Å². The van der Waals surface area contributed by atoms with E-state index >= 15 is 0 Å². The predicted molar refractivity (Wildman–Crippen MR) is 198 cm³/mol. The molecule has 2 amide bonds. The van der Waals surface area contributed by atoms with Crippen LogP contribution in [0.25, 0.3) is 5.57 Å². The van der Waals surface area contributed by atoms with Gasteiger partial charge in [-0.3, -0.25) is 14.6 Å². The number of piperidine rings is 1. The summed E-state index contributed by atoms with van der Waals surface area (Å²) >= 11 is 0. The highest BCUT2D eigenvalue weighted by molar-refractivity contribution is 6.06. The van der Waals surface area contributed by atoms with Crippen molar-refractivity contribution >= 4 is 47.2 Å². The van der Waals surface area contributed by atoms with Crippen LogP contribution in [0.5, 0.6) is 0 Å². The van der Waals surface area contributed by atoms with Crippen LogP contribution in [0.4, 0.5) is 24.5 Å². The predicted octanol–water partition coefficient (Wildman–Crippen LogP) is 4.56. The molecule has 51 heavy (non-hydrogen) atoms. The van der Waals surface area contributed by atoms with Crippen LogP contribution in [0, 0.1) is 17.2 Å². The van der Waals surface area contributed by atoms with E-state index in [1.54, 1.807) is 35.0 Å². The number of nitrogens with two attached hydrogens (primary N) is 2. The molecular weight excluding hydrogens is 659 g/mol. The summed E-state index contributed by atoms with van der Waals surface area (Å²) < 4.78 is 39.5. The number of nitrogens with one attached hydrogen (secondary N) is 2. The Morgan fingerprint density at radius 2 is 1.86 bits per heavy atom. The Hall–Kier alpha value is -4.56.